The smallest absolute Gasteiger partial charge is 0.407 e. The van der Waals surface area contributed by atoms with Gasteiger partial charge in [-0.05, 0) is 47.9 Å². The van der Waals surface area contributed by atoms with E-state index in [4.69, 9.17) is 4.74 Å². The van der Waals surface area contributed by atoms with Crippen LogP contribution in [0.15, 0.2) is 61.2 Å². The van der Waals surface area contributed by atoms with E-state index in [-0.39, 0.29) is 36.8 Å². The molecule has 2 amide bonds. The lowest BCUT2D eigenvalue weighted by molar-refractivity contribution is -0.142. The molecule has 0 aromatic heterocycles. The fourth-order valence-electron chi connectivity index (χ4n) is 5.04. The molecule has 2 aromatic carbocycles. The number of hydrogen-bond acceptors (Lipinski definition) is 4. The third-order valence-corrected chi connectivity index (χ3v) is 6.73. The zero-order chi connectivity index (χ0) is 24.1. The van der Waals surface area contributed by atoms with E-state index in [0.29, 0.717) is 12.8 Å². The van der Waals surface area contributed by atoms with Crippen molar-refractivity contribution in [2.24, 2.45) is 5.92 Å². The van der Waals surface area contributed by atoms with Crippen molar-refractivity contribution in [1.29, 1.82) is 0 Å². The molecule has 3 N–H and O–H groups in total. The van der Waals surface area contributed by atoms with Crippen molar-refractivity contribution >= 4 is 18.0 Å². The zero-order valence-electron chi connectivity index (χ0n) is 19.0. The molecule has 2 aliphatic rings. The lowest BCUT2D eigenvalue weighted by Gasteiger charge is -2.29. The molecule has 1 saturated carbocycles. The minimum Gasteiger partial charge on any atom is -0.480 e. The summed E-state index contributed by atoms with van der Waals surface area (Å²) in [6.45, 7) is 3.78. The maximum atomic E-state index is 12.6. The van der Waals surface area contributed by atoms with Gasteiger partial charge in [0, 0.05) is 17.9 Å². The number of rotatable bonds is 8. The van der Waals surface area contributed by atoms with Crippen molar-refractivity contribution in [2.75, 3.05) is 6.61 Å². The molecule has 7 nitrogen and oxygen atoms in total. The van der Waals surface area contributed by atoms with Crippen LogP contribution in [0.2, 0.25) is 0 Å². The summed E-state index contributed by atoms with van der Waals surface area (Å²) in [7, 11) is 0. The van der Waals surface area contributed by atoms with Gasteiger partial charge >= 0.3 is 12.1 Å². The quantitative estimate of drug-likeness (QED) is 0.509. The number of nitrogens with one attached hydrogen (secondary N) is 2. The molecule has 0 radical (unpaired) electrons. The summed E-state index contributed by atoms with van der Waals surface area (Å²) in [5.74, 6) is -1.74. The van der Waals surface area contributed by atoms with Crippen LogP contribution in [-0.2, 0) is 14.3 Å². The molecule has 0 spiro atoms. The number of carboxylic acids is 1. The lowest BCUT2D eigenvalue weighted by atomic mass is 9.85. The Morgan fingerprint density at radius 2 is 1.71 bits per heavy atom. The van der Waals surface area contributed by atoms with E-state index in [9.17, 15) is 19.5 Å². The minimum absolute atomic E-state index is 0.0131. The maximum absolute atomic E-state index is 12.6. The second-order valence-electron chi connectivity index (χ2n) is 8.95. The number of benzene rings is 2. The summed E-state index contributed by atoms with van der Waals surface area (Å²) in [5, 5.41) is 14.7. The number of hydrogen-bond donors (Lipinski definition) is 3. The largest absolute Gasteiger partial charge is 0.480 e. The van der Waals surface area contributed by atoms with Gasteiger partial charge in [0.15, 0.2) is 0 Å². The molecule has 34 heavy (non-hydrogen) atoms. The first-order chi connectivity index (χ1) is 16.5. The molecule has 0 bridgehead atoms. The van der Waals surface area contributed by atoms with Crippen LogP contribution in [0.1, 0.15) is 49.1 Å². The van der Waals surface area contributed by atoms with E-state index >= 15 is 0 Å². The van der Waals surface area contributed by atoms with Crippen LogP contribution in [0.5, 0.6) is 0 Å². The Morgan fingerprint density at radius 3 is 2.32 bits per heavy atom. The van der Waals surface area contributed by atoms with Gasteiger partial charge in [0.1, 0.15) is 12.6 Å². The molecule has 0 saturated heterocycles. The van der Waals surface area contributed by atoms with Crippen LogP contribution in [0.25, 0.3) is 11.1 Å². The van der Waals surface area contributed by atoms with Gasteiger partial charge in [0.2, 0.25) is 5.91 Å². The van der Waals surface area contributed by atoms with E-state index in [1.54, 1.807) is 0 Å². The van der Waals surface area contributed by atoms with Gasteiger partial charge in [-0.1, -0.05) is 61.0 Å². The number of amides is 2. The summed E-state index contributed by atoms with van der Waals surface area (Å²) in [6, 6.07) is 15.2. The SMILES string of the molecule is C=CCC(NC(=O)[C@@H]1CCC[C@H](NC(=O)OCC2c3ccccc3-c3ccccc32)C1)C(=O)O. The highest BCUT2D eigenvalue weighted by Gasteiger charge is 2.32. The van der Waals surface area contributed by atoms with Crippen LogP contribution >= 0.6 is 0 Å². The number of carbonyl (C=O) groups is 3. The summed E-state index contributed by atoms with van der Waals surface area (Å²) in [5.41, 5.74) is 4.64. The lowest BCUT2D eigenvalue weighted by Crippen LogP contribution is -2.47. The first-order valence-electron chi connectivity index (χ1n) is 11.7. The first kappa shape index (κ1) is 23.5. The highest BCUT2D eigenvalue weighted by Crippen LogP contribution is 2.44. The highest BCUT2D eigenvalue weighted by molar-refractivity contribution is 5.85. The Bertz CT molecular complexity index is 1040. The van der Waals surface area contributed by atoms with E-state index in [1.807, 2.05) is 24.3 Å². The fraction of sp³-hybridized carbons (Fsp3) is 0.370. The molecular formula is C27H30N2O5. The Morgan fingerprint density at radius 1 is 1.06 bits per heavy atom. The monoisotopic (exact) mass is 462 g/mol. The Hall–Kier alpha value is -3.61. The van der Waals surface area contributed by atoms with E-state index in [0.717, 1.165) is 24.0 Å². The van der Waals surface area contributed by atoms with Gasteiger partial charge in [-0.2, -0.15) is 0 Å². The third-order valence-electron chi connectivity index (χ3n) is 6.73. The van der Waals surface area contributed by atoms with Gasteiger partial charge < -0.3 is 20.5 Å². The van der Waals surface area contributed by atoms with E-state index in [1.165, 1.54) is 17.2 Å². The van der Waals surface area contributed by atoms with E-state index in [2.05, 4.69) is 41.5 Å². The second kappa shape index (κ2) is 10.5. The fourth-order valence-corrected chi connectivity index (χ4v) is 5.04. The van der Waals surface area contributed by atoms with Crippen LogP contribution < -0.4 is 10.6 Å². The molecule has 1 unspecified atom stereocenters. The Balaban J connectivity index is 1.32. The van der Waals surface area contributed by atoms with Crippen molar-refractivity contribution in [3.05, 3.63) is 72.3 Å². The normalized spacial score (nSPS) is 19.9. The maximum Gasteiger partial charge on any atom is 0.407 e. The van der Waals surface area contributed by atoms with Crippen molar-refractivity contribution in [3.63, 3.8) is 0 Å². The third kappa shape index (κ3) is 5.14. The van der Waals surface area contributed by atoms with Crippen LogP contribution in [0.4, 0.5) is 4.79 Å². The molecule has 4 rings (SSSR count). The number of carbonyl (C=O) groups excluding carboxylic acids is 2. The van der Waals surface area contributed by atoms with Gasteiger partial charge in [0.05, 0.1) is 0 Å². The highest BCUT2D eigenvalue weighted by atomic mass is 16.5. The number of carboxylic acid groups (broad SMARTS) is 1. The molecule has 178 valence electrons. The molecule has 3 atom stereocenters. The van der Waals surface area contributed by atoms with Crippen molar-refractivity contribution < 1.29 is 24.2 Å². The molecule has 2 aromatic rings. The van der Waals surface area contributed by atoms with E-state index < -0.39 is 18.1 Å². The number of alkyl carbamates (subject to hydrolysis) is 1. The van der Waals surface area contributed by atoms with Crippen LogP contribution in [0, 0.1) is 5.92 Å². The minimum atomic E-state index is -1.09. The zero-order valence-corrected chi connectivity index (χ0v) is 19.0. The molecule has 1 fully saturated rings. The summed E-state index contributed by atoms with van der Waals surface area (Å²) in [4.78, 5) is 36.5. The van der Waals surface area contributed by atoms with Gasteiger partial charge in [-0.15, -0.1) is 6.58 Å². The summed E-state index contributed by atoms with van der Waals surface area (Å²) in [6.07, 6.45) is 3.78. The van der Waals surface area contributed by atoms with Crippen molar-refractivity contribution in [2.45, 2.75) is 50.1 Å². The standard InChI is InChI=1S/C27H30N2O5/c1-2-8-24(26(31)32)29-25(30)17-9-7-10-18(15-17)28-27(33)34-16-23-21-13-5-3-11-19(21)20-12-4-6-14-22(20)23/h2-6,11-14,17-18,23-24H,1,7-10,15-16H2,(H,28,33)(H,29,30)(H,31,32)/t17-,18+,24?/m1/s1. The van der Waals surface area contributed by atoms with Crippen LogP contribution in [0.3, 0.4) is 0 Å². The average Bonchev–Trinajstić information content (AvgIpc) is 3.16. The number of fused-ring (bicyclic) bond motifs is 3. The van der Waals surface area contributed by atoms with Crippen molar-refractivity contribution in [1.82, 2.24) is 10.6 Å². The summed E-state index contributed by atoms with van der Waals surface area (Å²) >= 11 is 0. The average molecular weight is 463 g/mol. The molecule has 2 aliphatic carbocycles. The Kier molecular flexibility index (Phi) is 7.30. The number of ether oxygens (including phenoxy) is 1. The second-order valence-corrected chi connectivity index (χ2v) is 8.95. The summed E-state index contributed by atoms with van der Waals surface area (Å²) < 4.78 is 5.63. The first-order valence-corrected chi connectivity index (χ1v) is 11.7. The predicted molar refractivity (Wildman–Crippen MR) is 128 cm³/mol. The van der Waals surface area contributed by atoms with Gasteiger partial charge in [0.25, 0.3) is 0 Å². The molecule has 0 heterocycles. The molecule has 7 heteroatoms. The number of aliphatic carboxylic acids is 1. The topological polar surface area (TPSA) is 105 Å². The van der Waals surface area contributed by atoms with Gasteiger partial charge in [-0.25, -0.2) is 9.59 Å². The molecular weight excluding hydrogens is 432 g/mol. The van der Waals surface area contributed by atoms with Crippen LogP contribution in [-0.4, -0.2) is 41.8 Å². The van der Waals surface area contributed by atoms with Gasteiger partial charge in [-0.3, -0.25) is 4.79 Å². The Labute approximate surface area is 199 Å². The van der Waals surface area contributed by atoms with Crippen molar-refractivity contribution in [3.8, 4) is 11.1 Å². The molecule has 0 aliphatic heterocycles. The predicted octanol–water partition coefficient (Wildman–Crippen LogP) is 4.23.